The van der Waals surface area contributed by atoms with Gasteiger partial charge in [0.1, 0.15) is 0 Å². The van der Waals surface area contributed by atoms with Crippen LogP contribution in [0.1, 0.15) is 99.3 Å². The molecule has 0 atom stereocenters. The Morgan fingerprint density at radius 1 is 0.464 bits per heavy atom. The first-order chi connectivity index (χ1) is 27.0. The van der Waals surface area contributed by atoms with Gasteiger partial charge in [0.2, 0.25) is 0 Å². The summed E-state index contributed by atoms with van der Waals surface area (Å²) in [6, 6.07) is 8.00. The van der Waals surface area contributed by atoms with Crippen molar-refractivity contribution in [2.75, 3.05) is 11.5 Å². The summed E-state index contributed by atoms with van der Waals surface area (Å²) in [5, 5.41) is 0. The molecule has 0 fully saturated rings. The lowest BCUT2D eigenvalue weighted by atomic mass is 10.1. The molecule has 56 heavy (non-hydrogen) atoms. The van der Waals surface area contributed by atoms with E-state index in [1.54, 1.807) is 9.13 Å². The van der Waals surface area contributed by atoms with Crippen LogP contribution in [0.25, 0.3) is 45.1 Å². The Morgan fingerprint density at radius 2 is 0.804 bits per heavy atom. The van der Waals surface area contributed by atoms with Gasteiger partial charge in [0, 0.05) is 38.7 Å². The summed E-state index contributed by atoms with van der Waals surface area (Å²) >= 11 is 0. The van der Waals surface area contributed by atoms with E-state index in [1.165, 1.54) is 34.8 Å². The van der Waals surface area contributed by atoms with E-state index >= 15 is 0 Å². The average Bonchev–Trinajstić information content (AvgIpc) is 3.16. The third-order valence-electron chi connectivity index (χ3n) is 11.0. The molecule has 0 saturated heterocycles. The van der Waals surface area contributed by atoms with Crippen molar-refractivity contribution in [1.82, 2.24) is 38.2 Å². The van der Waals surface area contributed by atoms with Crippen molar-refractivity contribution in [2.24, 2.45) is 14.1 Å². The second kappa shape index (κ2) is 18.8. The lowest BCUT2D eigenvalue weighted by molar-refractivity contribution is 0.533. The fraction of sp³-hybridized carbons (Fsp3) is 0.524. The van der Waals surface area contributed by atoms with Gasteiger partial charge in [-0.3, -0.25) is 18.7 Å². The number of benzene rings is 2. The molecule has 298 valence electrons. The lowest BCUT2D eigenvalue weighted by Gasteiger charge is -2.15. The van der Waals surface area contributed by atoms with Crippen LogP contribution in [0.5, 0.6) is 0 Å². The van der Waals surface area contributed by atoms with Crippen LogP contribution < -0.4 is 22.5 Å². The first kappa shape index (κ1) is 41.3. The number of unbranched alkanes of at least 4 members (excludes halogenated alkanes) is 10. The molecule has 0 aliphatic carbocycles. The largest absolute Gasteiger partial charge is 0.352 e. The normalized spacial score (nSPS) is 11.9. The highest BCUT2D eigenvalue weighted by molar-refractivity contribution is 8.76. The van der Waals surface area contributed by atoms with E-state index < -0.39 is 11.4 Å². The van der Waals surface area contributed by atoms with E-state index in [1.807, 2.05) is 87.6 Å². The second-order valence-electron chi connectivity index (χ2n) is 15.1. The molecule has 14 heteroatoms. The van der Waals surface area contributed by atoms with Crippen molar-refractivity contribution in [2.45, 2.75) is 118 Å². The number of hydrogen-bond donors (Lipinski definition) is 0. The Hall–Kier alpha value is -4.30. The van der Waals surface area contributed by atoms with Gasteiger partial charge in [0.25, 0.3) is 11.1 Å². The highest BCUT2D eigenvalue weighted by atomic mass is 33.1. The van der Waals surface area contributed by atoms with Gasteiger partial charge < -0.3 is 9.13 Å². The van der Waals surface area contributed by atoms with E-state index in [0.717, 1.165) is 107 Å². The van der Waals surface area contributed by atoms with Crippen molar-refractivity contribution < 1.29 is 0 Å². The molecule has 0 bridgehead atoms. The Bertz CT molecular complexity index is 2350. The SMILES string of the molecule is Cc1cc2nc3c(=O)n(CCCCCCCCSSCCCCCCCCn4c(=O)nc5n(C)c6cc(C)c(C)cc6nc-5c4=O)c(=O)nc-3n(C)c2cc1C. The number of aromatic nitrogens is 8. The van der Waals surface area contributed by atoms with Crippen LogP contribution in [0.3, 0.4) is 0 Å². The maximum absolute atomic E-state index is 13.3. The smallest absolute Gasteiger partial charge is 0.325 e. The molecule has 0 aromatic heterocycles. The Morgan fingerprint density at radius 3 is 1.20 bits per heavy atom. The van der Waals surface area contributed by atoms with Gasteiger partial charge in [-0.1, -0.05) is 73.0 Å². The minimum atomic E-state index is -0.505. The van der Waals surface area contributed by atoms with E-state index in [9.17, 15) is 19.2 Å². The van der Waals surface area contributed by atoms with Gasteiger partial charge in [-0.2, -0.15) is 9.97 Å². The fourth-order valence-corrected chi connectivity index (χ4v) is 9.53. The van der Waals surface area contributed by atoms with Crippen LogP contribution in [-0.2, 0) is 27.2 Å². The molecule has 2 aromatic rings. The predicted molar refractivity (Wildman–Crippen MR) is 231 cm³/mol. The van der Waals surface area contributed by atoms with Crippen molar-refractivity contribution in [3.63, 3.8) is 0 Å². The minimum Gasteiger partial charge on any atom is -0.325 e. The molecule has 0 N–H and O–H groups in total. The van der Waals surface area contributed by atoms with Gasteiger partial charge in [-0.05, 0) is 99.9 Å². The van der Waals surface area contributed by atoms with Crippen molar-refractivity contribution in [1.29, 1.82) is 0 Å². The number of fused-ring (bicyclic) bond motifs is 4. The number of rotatable bonds is 19. The highest BCUT2D eigenvalue weighted by Gasteiger charge is 2.22. The van der Waals surface area contributed by atoms with E-state index in [4.69, 9.17) is 0 Å². The molecular weight excluding hydrogens is 745 g/mol. The van der Waals surface area contributed by atoms with Crippen molar-refractivity contribution >= 4 is 43.7 Å². The standard InChI is InChI=1S/C42H54N8O4S2/c1-27-23-31-33(25-29(27)3)47(5)37-35(43-31)39(51)49(41(53)45-37)19-15-11-7-9-13-17-21-55-56-22-18-14-10-8-12-16-20-50-40(52)36-38(46-42(50)54)48(6)34-26-30(4)28(2)24-32(34)44-36/h23-26H,7-22H2,1-6H3. The summed E-state index contributed by atoms with van der Waals surface area (Å²) in [4.78, 5) is 69.8. The minimum absolute atomic E-state index is 0.243. The van der Waals surface area contributed by atoms with Crippen LogP contribution >= 0.6 is 21.6 Å². The molecule has 4 heterocycles. The monoisotopic (exact) mass is 798 g/mol. The molecule has 0 spiro atoms. The zero-order chi connectivity index (χ0) is 39.9. The van der Waals surface area contributed by atoms with Gasteiger partial charge in [0.15, 0.2) is 23.0 Å². The molecule has 0 radical (unpaired) electrons. The molecule has 6 rings (SSSR count). The Balaban J connectivity index is 0.805. The number of nitrogens with zero attached hydrogens (tertiary/aromatic N) is 8. The molecule has 0 amide bonds. The van der Waals surface area contributed by atoms with Crippen molar-refractivity contribution in [3.05, 3.63) is 88.2 Å². The zero-order valence-corrected chi connectivity index (χ0v) is 35.3. The molecule has 4 aliphatic heterocycles. The van der Waals surface area contributed by atoms with Gasteiger partial charge >= 0.3 is 11.4 Å². The first-order valence-corrected chi connectivity index (χ1v) is 22.5. The third kappa shape index (κ3) is 9.28. The van der Waals surface area contributed by atoms with Crippen LogP contribution in [-0.4, -0.2) is 49.7 Å². The Labute approximate surface area is 335 Å². The van der Waals surface area contributed by atoms with Crippen LogP contribution in [0.2, 0.25) is 0 Å². The molecule has 0 unspecified atom stereocenters. The summed E-state index contributed by atoms with van der Waals surface area (Å²) in [6.45, 7) is 8.84. The van der Waals surface area contributed by atoms with Crippen LogP contribution in [0.4, 0.5) is 0 Å². The van der Waals surface area contributed by atoms with Crippen LogP contribution in [0, 0.1) is 27.7 Å². The third-order valence-corrected chi connectivity index (χ3v) is 13.6. The van der Waals surface area contributed by atoms with E-state index in [-0.39, 0.29) is 22.5 Å². The molecule has 4 aliphatic rings. The average molecular weight is 799 g/mol. The Kier molecular flexibility index (Phi) is 13.8. The summed E-state index contributed by atoms with van der Waals surface area (Å²) < 4.78 is 6.08. The number of hydrogen-bond acceptors (Lipinski definition) is 10. The van der Waals surface area contributed by atoms with Gasteiger partial charge in [-0.25, -0.2) is 19.6 Å². The van der Waals surface area contributed by atoms with Gasteiger partial charge in [-0.15, -0.1) is 0 Å². The molecule has 0 saturated carbocycles. The molecular formula is C42H54N8O4S2. The summed E-state index contributed by atoms with van der Waals surface area (Å²) in [5.74, 6) is 2.95. The summed E-state index contributed by atoms with van der Waals surface area (Å²) in [7, 11) is 7.56. The van der Waals surface area contributed by atoms with Gasteiger partial charge in [0.05, 0.1) is 22.1 Å². The first-order valence-electron chi connectivity index (χ1n) is 20.0. The van der Waals surface area contributed by atoms with Crippen LogP contribution in [0.15, 0.2) is 43.4 Å². The number of aryl methyl sites for hydroxylation is 6. The van der Waals surface area contributed by atoms with E-state index in [2.05, 4.69) is 19.9 Å². The molecule has 2 aromatic carbocycles. The lowest BCUT2D eigenvalue weighted by Crippen LogP contribution is -2.38. The topological polar surface area (TPSA) is 140 Å². The molecule has 12 nitrogen and oxygen atoms in total. The summed E-state index contributed by atoms with van der Waals surface area (Å²) in [5.41, 5.74) is 6.37. The maximum atomic E-state index is 13.3. The quantitative estimate of drug-likeness (QED) is 0.0460. The summed E-state index contributed by atoms with van der Waals surface area (Å²) in [6.07, 6.45) is 12.7. The maximum Gasteiger partial charge on any atom is 0.352 e. The highest BCUT2D eigenvalue weighted by Crippen LogP contribution is 2.26. The fourth-order valence-electron chi connectivity index (χ4n) is 7.24. The van der Waals surface area contributed by atoms with Crippen molar-refractivity contribution in [3.8, 4) is 23.0 Å². The zero-order valence-electron chi connectivity index (χ0n) is 33.7. The van der Waals surface area contributed by atoms with E-state index in [0.29, 0.717) is 24.7 Å². The second-order valence-corrected chi connectivity index (χ2v) is 17.8. The predicted octanol–water partition coefficient (Wildman–Crippen LogP) is 7.50.